The lowest BCUT2D eigenvalue weighted by atomic mass is 10.0. The lowest BCUT2D eigenvalue weighted by Gasteiger charge is -2.22. The third-order valence-corrected chi connectivity index (χ3v) is 2.39. The highest BCUT2D eigenvalue weighted by atomic mass is 16.5. The van der Waals surface area contributed by atoms with Crippen molar-refractivity contribution in [1.82, 2.24) is 0 Å². The molecule has 2 rings (SSSR count). The van der Waals surface area contributed by atoms with E-state index in [9.17, 15) is 0 Å². The van der Waals surface area contributed by atoms with Gasteiger partial charge in [0.15, 0.2) is 0 Å². The van der Waals surface area contributed by atoms with E-state index in [0.29, 0.717) is 5.92 Å². The summed E-state index contributed by atoms with van der Waals surface area (Å²) < 4.78 is 5.69. The number of anilines is 1. The van der Waals surface area contributed by atoms with Gasteiger partial charge in [-0.2, -0.15) is 0 Å². The Labute approximate surface area is 85.3 Å². The lowest BCUT2D eigenvalue weighted by Crippen LogP contribution is -2.19. The van der Waals surface area contributed by atoms with Crippen molar-refractivity contribution in [2.75, 3.05) is 18.5 Å². The predicted molar refractivity (Wildman–Crippen MR) is 59.0 cm³/mol. The minimum atomic E-state index is 0.673. The number of rotatable bonds is 2. The molecule has 0 aromatic heterocycles. The molecule has 0 radical (unpaired) electrons. The number of para-hydroxylation sites is 1. The van der Waals surface area contributed by atoms with Crippen molar-refractivity contribution in [3.8, 4) is 5.75 Å². The van der Waals surface area contributed by atoms with Crippen LogP contribution in [0.3, 0.4) is 0 Å². The standard InChI is InChI=1S/C12H17NO/c1-9(2)8-10-4-3-5-11-12(10)14-7-6-13-11/h3-5,9,13H,6-8H2,1-2H3. The van der Waals surface area contributed by atoms with Crippen LogP contribution >= 0.6 is 0 Å². The minimum absolute atomic E-state index is 0.673. The molecule has 0 fully saturated rings. The van der Waals surface area contributed by atoms with Crippen molar-refractivity contribution in [3.05, 3.63) is 23.8 Å². The van der Waals surface area contributed by atoms with E-state index in [1.165, 1.54) is 5.56 Å². The number of hydrogen-bond donors (Lipinski definition) is 1. The van der Waals surface area contributed by atoms with Crippen LogP contribution in [0.25, 0.3) is 0 Å². The molecule has 1 aromatic rings. The summed E-state index contributed by atoms with van der Waals surface area (Å²) in [7, 11) is 0. The van der Waals surface area contributed by atoms with E-state index >= 15 is 0 Å². The molecule has 0 atom stereocenters. The second-order valence-corrected chi connectivity index (χ2v) is 4.17. The Kier molecular flexibility index (Phi) is 2.62. The number of fused-ring (bicyclic) bond motifs is 1. The molecular weight excluding hydrogens is 174 g/mol. The topological polar surface area (TPSA) is 21.3 Å². The van der Waals surface area contributed by atoms with Gasteiger partial charge in [0, 0.05) is 6.54 Å². The van der Waals surface area contributed by atoms with Crippen LogP contribution in [-0.4, -0.2) is 13.2 Å². The fourth-order valence-corrected chi connectivity index (χ4v) is 1.83. The average molecular weight is 191 g/mol. The Morgan fingerprint density at radius 2 is 2.29 bits per heavy atom. The van der Waals surface area contributed by atoms with E-state index in [2.05, 4.69) is 37.4 Å². The van der Waals surface area contributed by atoms with Gasteiger partial charge in [0.1, 0.15) is 12.4 Å². The molecule has 0 saturated carbocycles. The van der Waals surface area contributed by atoms with Crippen molar-refractivity contribution in [1.29, 1.82) is 0 Å². The van der Waals surface area contributed by atoms with Gasteiger partial charge in [-0.15, -0.1) is 0 Å². The van der Waals surface area contributed by atoms with Gasteiger partial charge in [0.2, 0.25) is 0 Å². The fraction of sp³-hybridized carbons (Fsp3) is 0.500. The second-order valence-electron chi connectivity index (χ2n) is 4.17. The normalized spacial score (nSPS) is 14.5. The molecule has 0 saturated heterocycles. The first-order valence-corrected chi connectivity index (χ1v) is 5.26. The minimum Gasteiger partial charge on any atom is -0.489 e. The van der Waals surface area contributed by atoms with Crippen LogP contribution in [0.2, 0.25) is 0 Å². The SMILES string of the molecule is CC(C)Cc1cccc2c1OCCN2. The molecule has 0 spiro atoms. The monoisotopic (exact) mass is 191 g/mol. The van der Waals surface area contributed by atoms with E-state index in [1.807, 2.05) is 0 Å². The third kappa shape index (κ3) is 1.84. The van der Waals surface area contributed by atoms with Crippen LogP contribution in [0, 0.1) is 5.92 Å². The molecule has 0 bridgehead atoms. The van der Waals surface area contributed by atoms with E-state index in [1.54, 1.807) is 0 Å². The van der Waals surface area contributed by atoms with Gasteiger partial charge in [0.05, 0.1) is 5.69 Å². The van der Waals surface area contributed by atoms with Crippen LogP contribution in [0.1, 0.15) is 19.4 Å². The summed E-state index contributed by atoms with van der Waals surface area (Å²) in [5.74, 6) is 1.74. The van der Waals surface area contributed by atoms with Crippen LogP contribution in [0.5, 0.6) is 5.75 Å². The summed E-state index contributed by atoms with van der Waals surface area (Å²) in [5.41, 5.74) is 2.47. The van der Waals surface area contributed by atoms with Gasteiger partial charge in [-0.3, -0.25) is 0 Å². The highest BCUT2D eigenvalue weighted by molar-refractivity contribution is 5.61. The Hall–Kier alpha value is -1.18. The summed E-state index contributed by atoms with van der Waals surface area (Å²) in [5, 5.41) is 3.35. The van der Waals surface area contributed by atoms with Gasteiger partial charge in [-0.25, -0.2) is 0 Å². The molecule has 1 heterocycles. The number of benzene rings is 1. The first kappa shape index (κ1) is 9.38. The first-order valence-electron chi connectivity index (χ1n) is 5.26. The van der Waals surface area contributed by atoms with Gasteiger partial charge >= 0.3 is 0 Å². The lowest BCUT2D eigenvalue weighted by molar-refractivity contribution is 0.318. The van der Waals surface area contributed by atoms with Gasteiger partial charge in [0.25, 0.3) is 0 Å². The summed E-state index contributed by atoms with van der Waals surface area (Å²) in [6, 6.07) is 6.34. The Morgan fingerprint density at radius 1 is 1.43 bits per heavy atom. The third-order valence-electron chi connectivity index (χ3n) is 2.39. The fourth-order valence-electron chi connectivity index (χ4n) is 1.83. The van der Waals surface area contributed by atoms with Crippen molar-refractivity contribution < 1.29 is 4.74 Å². The molecule has 2 heteroatoms. The summed E-state index contributed by atoms with van der Waals surface area (Å²) in [6.07, 6.45) is 1.09. The Morgan fingerprint density at radius 3 is 3.07 bits per heavy atom. The maximum atomic E-state index is 5.69. The molecule has 1 aliphatic heterocycles. The molecule has 0 unspecified atom stereocenters. The molecule has 1 aliphatic rings. The zero-order chi connectivity index (χ0) is 9.97. The highest BCUT2D eigenvalue weighted by Gasteiger charge is 2.13. The second kappa shape index (κ2) is 3.91. The largest absolute Gasteiger partial charge is 0.489 e. The van der Waals surface area contributed by atoms with Crippen LogP contribution in [0.15, 0.2) is 18.2 Å². The summed E-state index contributed by atoms with van der Waals surface area (Å²) >= 11 is 0. The Balaban J connectivity index is 2.30. The maximum Gasteiger partial charge on any atom is 0.145 e. The quantitative estimate of drug-likeness (QED) is 0.776. The van der Waals surface area contributed by atoms with Crippen molar-refractivity contribution in [2.45, 2.75) is 20.3 Å². The maximum absolute atomic E-state index is 5.69. The number of nitrogens with one attached hydrogen (secondary N) is 1. The van der Waals surface area contributed by atoms with E-state index < -0.39 is 0 Å². The first-order chi connectivity index (χ1) is 6.77. The van der Waals surface area contributed by atoms with Crippen molar-refractivity contribution in [2.24, 2.45) is 5.92 Å². The van der Waals surface area contributed by atoms with Crippen molar-refractivity contribution in [3.63, 3.8) is 0 Å². The summed E-state index contributed by atoms with van der Waals surface area (Å²) in [6.45, 7) is 6.16. The zero-order valence-electron chi connectivity index (χ0n) is 8.84. The van der Waals surface area contributed by atoms with Crippen molar-refractivity contribution >= 4 is 5.69 Å². The molecular formula is C12H17NO. The van der Waals surface area contributed by atoms with E-state index in [4.69, 9.17) is 4.74 Å². The van der Waals surface area contributed by atoms with Crippen LogP contribution in [0.4, 0.5) is 5.69 Å². The highest BCUT2D eigenvalue weighted by Crippen LogP contribution is 2.32. The van der Waals surface area contributed by atoms with E-state index in [-0.39, 0.29) is 0 Å². The number of hydrogen-bond acceptors (Lipinski definition) is 2. The van der Waals surface area contributed by atoms with Crippen LogP contribution < -0.4 is 10.1 Å². The molecule has 76 valence electrons. The molecule has 0 aliphatic carbocycles. The molecule has 2 nitrogen and oxygen atoms in total. The molecule has 1 N–H and O–H groups in total. The average Bonchev–Trinajstić information content (AvgIpc) is 2.18. The molecule has 1 aromatic carbocycles. The van der Waals surface area contributed by atoms with Gasteiger partial charge < -0.3 is 10.1 Å². The molecule has 14 heavy (non-hydrogen) atoms. The van der Waals surface area contributed by atoms with E-state index in [0.717, 1.165) is 31.0 Å². The smallest absolute Gasteiger partial charge is 0.145 e. The molecule has 0 amide bonds. The number of ether oxygens (including phenoxy) is 1. The zero-order valence-corrected chi connectivity index (χ0v) is 8.84. The predicted octanol–water partition coefficient (Wildman–Crippen LogP) is 2.69. The van der Waals surface area contributed by atoms with Gasteiger partial charge in [-0.05, 0) is 24.0 Å². The Bertz CT molecular complexity index is 320. The van der Waals surface area contributed by atoms with Gasteiger partial charge in [-0.1, -0.05) is 26.0 Å². The summed E-state index contributed by atoms with van der Waals surface area (Å²) in [4.78, 5) is 0. The van der Waals surface area contributed by atoms with Crippen LogP contribution in [-0.2, 0) is 6.42 Å².